The Morgan fingerprint density at radius 1 is 1.07 bits per heavy atom. The number of pyridine rings is 1. The van der Waals surface area contributed by atoms with E-state index in [9.17, 15) is 31.5 Å². The minimum atomic E-state index is -5.19. The Bertz CT molecular complexity index is 956. The van der Waals surface area contributed by atoms with E-state index in [1.807, 2.05) is 0 Å². The monoisotopic (exact) mass is 456 g/mol. The van der Waals surface area contributed by atoms with Crippen molar-refractivity contribution in [2.24, 2.45) is 0 Å². The van der Waals surface area contributed by atoms with E-state index in [0.717, 1.165) is 23.8 Å². The SMILES string of the molecule is C[C@@H](NC(=O)NNC(=O)C(F)(F)F)c1ncc(-c2cc(Cl)cc(F)c2Cl)cc1F. The summed E-state index contributed by atoms with van der Waals surface area (Å²) in [5, 5.41) is 1.82. The number of carbonyl (C=O) groups excluding carboxylic acids is 2. The summed E-state index contributed by atoms with van der Waals surface area (Å²) in [6, 6.07) is 0.926. The molecule has 2 aromatic rings. The smallest absolute Gasteiger partial charge is 0.329 e. The number of aromatic nitrogens is 1. The number of hydrogen-bond donors (Lipinski definition) is 3. The number of carbonyl (C=O) groups is 2. The summed E-state index contributed by atoms with van der Waals surface area (Å²) in [7, 11) is 0. The molecule has 0 aliphatic heterocycles. The van der Waals surface area contributed by atoms with E-state index in [1.165, 1.54) is 18.4 Å². The molecule has 156 valence electrons. The molecule has 1 aromatic heterocycles. The molecule has 3 amide bonds. The molecule has 29 heavy (non-hydrogen) atoms. The maximum Gasteiger partial charge on any atom is 0.472 e. The van der Waals surface area contributed by atoms with Gasteiger partial charge in [-0.15, -0.1) is 0 Å². The summed E-state index contributed by atoms with van der Waals surface area (Å²) in [6.45, 7) is 1.29. The predicted molar refractivity (Wildman–Crippen MR) is 93.9 cm³/mol. The van der Waals surface area contributed by atoms with E-state index in [4.69, 9.17) is 23.2 Å². The lowest BCUT2D eigenvalue weighted by atomic mass is 10.1. The molecule has 0 unspecified atom stereocenters. The molecule has 0 fully saturated rings. The average molecular weight is 457 g/mol. The fraction of sp³-hybridized carbons (Fsp3) is 0.188. The van der Waals surface area contributed by atoms with Gasteiger partial charge in [0.05, 0.1) is 16.8 Å². The van der Waals surface area contributed by atoms with E-state index in [1.54, 1.807) is 0 Å². The van der Waals surface area contributed by atoms with Crippen LogP contribution >= 0.6 is 23.2 Å². The Kier molecular flexibility index (Phi) is 6.85. The van der Waals surface area contributed by atoms with Crippen LogP contribution in [0.3, 0.4) is 0 Å². The standard InChI is InChI=1S/C16H11Cl2F5N4O2/c1-6(25-15(29)27-26-14(28)16(21,22)23)13-11(20)2-7(5-24-13)9-3-8(17)4-10(19)12(9)18/h2-6H,1H3,(H,26,28)(H2,25,27,29)/t6-/m1/s1. The first-order valence-corrected chi connectivity index (χ1v) is 8.39. The van der Waals surface area contributed by atoms with Crippen molar-refractivity contribution in [1.29, 1.82) is 0 Å². The van der Waals surface area contributed by atoms with E-state index in [0.29, 0.717) is 0 Å². The van der Waals surface area contributed by atoms with Crippen molar-refractivity contribution >= 4 is 35.1 Å². The van der Waals surface area contributed by atoms with Gasteiger partial charge in [0.15, 0.2) is 0 Å². The number of benzene rings is 1. The van der Waals surface area contributed by atoms with Gasteiger partial charge >= 0.3 is 18.1 Å². The van der Waals surface area contributed by atoms with Crippen molar-refractivity contribution in [3.8, 4) is 11.1 Å². The largest absolute Gasteiger partial charge is 0.472 e. The highest BCUT2D eigenvalue weighted by molar-refractivity contribution is 6.35. The molecule has 1 aromatic carbocycles. The van der Waals surface area contributed by atoms with Crippen molar-refractivity contribution in [3.05, 3.63) is 51.8 Å². The van der Waals surface area contributed by atoms with Gasteiger partial charge in [0.1, 0.15) is 11.6 Å². The van der Waals surface area contributed by atoms with Crippen LogP contribution in [-0.2, 0) is 4.79 Å². The number of hydrogen-bond acceptors (Lipinski definition) is 3. The van der Waals surface area contributed by atoms with Gasteiger partial charge in [0.25, 0.3) is 0 Å². The predicted octanol–water partition coefficient (Wildman–Crippen LogP) is 4.29. The number of rotatable bonds is 3. The summed E-state index contributed by atoms with van der Waals surface area (Å²) in [5.74, 6) is -4.11. The van der Waals surface area contributed by atoms with Gasteiger partial charge in [-0.3, -0.25) is 15.2 Å². The first kappa shape index (κ1) is 22.6. The Labute approximate surface area is 170 Å². The highest BCUT2D eigenvalue weighted by Gasteiger charge is 2.39. The molecule has 6 nitrogen and oxygen atoms in total. The van der Waals surface area contributed by atoms with Crippen LogP contribution < -0.4 is 16.2 Å². The van der Waals surface area contributed by atoms with Gasteiger partial charge in [-0.05, 0) is 25.1 Å². The summed E-state index contributed by atoms with van der Waals surface area (Å²) in [5.41, 5.74) is 2.53. The zero-order valence-corrected chi connectivity index (χ0v) is 15.8. The van der Waals surface area contributed by atoms with Crippen LogP contribution in [0.4, 0.5) is 26.7 Å². The van der Waals surface area contributed by atoms with E-state index in [2.05, 4.69) is 10.3 Å². The number of halogens is 7. The van der Waals surface area contributed by atoms with Gasteiger partial charge < -0.3 is 5.32 Å². The van der Waals surface area contributed by atoms with Crippen molar-refractivity contribution in [1.82, 2.24) is 21.2 Å². The molecule has 0 saturated carbocycles. The lowest BCUT2D eigenvalue weighted by Crippen LogP contribution is -2.51. The van der Waals surface area contributed by atoms with Crippen LogP contribution in [0, 0.1) is 11.6 Å². The van der Waals surface area contributed by atoms with Crippen molar-refractivity contribution in [3.63, 3.8) is 0 Å². The summed E-state index contributed by atoms with van der Waals surface area (Å²) >= 11 is 11.6. The van der Waals surface area contributed by atoms with Gasteiger partial charge in [-0.2, -0.15) is 13.2 Å². The number of urea groups is 1. The molecule has 0 bridgehead atoms. The second kappa shape index (κ2) is 8.78. The second-order valence-electron chi connectivity index (χ2n) is 5.61. The number of hydrazine groups is 1. The van der Waals surface area contributed by atoms with Gasteiger partial charge in [-0.1, -0.05) is 23.2 Å². The quantitative estimate of drug-likeness (QED) is 0.366. The van der Waals surface area contributed by atoms with Crippen LogP contribution in [0.1, 0.15) is 18.7 Å². The molecule has 3 N–H and O–H groups in total. The third-order valence-electron chi connectivity index (χ3n) is 3.48. The Hall–Kier alpha value is -2.66. The molecule has 0 saturated heterocycles. The topological polar surface area (TPSA) is 83.1 Å². The molecule has 0 aliphatic carbocycles. The minimum Gasteiger partial charge on any atom is -0.329 e. The first-order chi connectivity index (χ1) is 13.4. The molecule has 2 rings (SSSR count). The van der Waals surface area contributed by atoms with Crippen molar-refractivity contribution in [2.45, 2.75) is 19.1 Å². The second-order valence-corrected chi connectivity index (χ2v) is 6.43. The summed E-state index contributed by atoms with van der Waals surface area (Å²) in [6.07, 6.45) is -4.04. The van der Waals surface area contributed by atoms with Gasteiger partial charge in [-0.25, -0.2) is 19.0 Å². The molecular formula is C16H11Cl2F5N4O2. The number of alkyl halides is 3. The molecule has 13 heteroatoms. The third kappa shape index (κ3) is 5.67. The summed E-state index contributed by atoms with van der Waals surface area (Å²) in [4.78, 5) is 26.0. The highest BCUT2D eigenvalue weighted by Crippen LogP contribution is 2.33. The molecular weight excluding hydrogens is 446 g/mol. The van der Waals surface area contributed by atoms with Gasteiger partial charge in [0, 0.05) is 22.3 Å². The fourth-order valence-corrected chi connectivity index (χ4v) is 2.59. The number of amides is 3. The van der Waals surface area contributed by atoms with E-state index in [-0.39, 0.29) is 26.9 Å². The Balaban J connectivity index is 2.12. The van der Waals surface area contributed by atoms with Gasteiger partial charge in [0.2, 0.25) is 0 Å². The zero-order valence-electron chi connectivity index (χ0n) is 14.3. The number of nitrogens with zero attached hydrogens (tertiary/aromatic N) is 1. The van der Waals surface area contributed by atoms with Crippen molar-refractivity contribution < 1.29 is 31.5 Å². The Morgan fingerprint density at radius 2 is 1.72 bits per heavy atom. The van der Waals surface area contributed by atoms with Crippen LogP contribution in [0.25, 0.3) is 11.1 Å². The zero-order chi connectivity index (χ0) is 21.9. The average Bonchev–Trinajstić information content (AvgIpc) is 2.61. The third-order valence-corrected chi connectivity index (χ3v) is 4.08. The van der Waals surface area contributed by atoms with Crippen LogP contribution in [0.5, 0.6) is 0 Å². The molecule has 0 radical (unpaired) electrons. The highest BCUT2D eigenvalue weighted by atomic mass is 35.5. The fourth-order valence-electron chi connectivity index (χ4n) is 2.17. The molecule has 1 atom stereocenters. The first-order valence-electron chi connectivity index (χ1n) is 7.64. The molecule has 1 heterocycles. The lowest BCUT2D eigenvalue weighted by molar-refractivity contribution is -0.174. The maximum absolute atomic E-state index is 14.4. The maximum atomic E-state index is 14.4. The molecule has 0 aliphatic rings. The van der Waals surface area contributed by atoms with E-state index < -0.39 is 35.8 Å². The molecule has 0 spiro atoms. The Morgan fingerprint density at radius 3 is 2.31 bits per heavy atom. The van der Waals surface area contributed by atoms with Crippen LogP contribution in [0.2, 0.25) is 10.0 Å². The van der Waals surface area contributed by atoms with Crippen LogP contribution in [-0.4, -0.2) is 23.1 Å². The number of nitrogens with one attached hydrogen (secondary N) is 3. The van der Waals surface area contributed by atoms with Crippen LogP contribution in [0.15, 0.2) is 24.4 Å². The normalized spacial score (nSPS) is 12.3. The summed E-state index contributed by atoms with van der Waals surface area (Å²) < 4.78 is 64.3. The minimum absolute atomic E-state index is 0.0268. The van der Waals surface area contributed by atoms with Crippen molar-refractivity contribution in [2.75, 3.05) is 0 Å². The lowest BCUT2D eigenvalue weighted by Gasteiger charge is -2.16. The van der Waals surface area contributed by atoms with E-state index >= 15 is 0 Å².